The first-order valence-electron chi connectivity index (χ1n) is 6.61. The number of aromatic nitrogens is 3. The highest BCUT2D eigenvalue weighted by Crippen LogP contribution is 2.26. The summed E-state index contributed by atoms with van der Waals surface area (Å²) >= 11 is 4.59. The molecule has 1 saturated heterocycles. The molecule has 1 aliphatic rings. The van der Waals surface area contributed by atoms with Gasteiger partial charge in [0, 0.05) is 17.3 Å². The number of imidazole rings is 1. The molecule has 1 N–H and O–H groups in total. The Morgan fingerprint density at radius 2 is 2.48 bits per heavy atom. The smallest absolute Gasteiger partial charge is 0.313 e. The number of nitrogens with zero attached hydrogens (tertiary/aromatic N) is 3. The molecule has 3 rings (SSSR count). The number of hydrogen-bond acceptors (Lipinski definition) is 5. The lowest BCUT2D eigenvalue weighted by molar-refractivity contribution is -0.133. The SMILES string of the molecule is O=C(O)CSc1nc2cc(Br)cnc2n1CC1CCCO1. The van der Waals surface area contributed by atoms with Gasteiger partial charge in [0.05, 0.1) is 18.4 Å². The van der Waals surface area contributed by atoms with Crippen LogP contribution >= 0.6 is 27.7 Å². The van der Waals surface area contributed by atoms with Gasteiger partial charge in [-0.25, -0.2) is 9.97 Å². The second-order valence-electron chi connectivity index (χ2n) is 4.82. The summed E-state index contributed by atoms with van der Waals surface area (Å²) in [5.74, 6) is -0.874. The molecule has 0 saturated carbocycles. The summed E-state index contributed by atoms with van der Waals surface area (Å²) in [5.41, 5.74) is 1.52. The molecule has 0 bridgehead atoms. The highest BCUT2D eigenvalue weighted by Gasteiger charge is 2.21. The highest BCUT2D eigenvalue weighted by atomic mass is 79.9. The molecule has 0 radical (unpaired) electrons. The van der Waals surface area contributed by atoms with Gasteiger partial charge in [0.2, 0.25) is 0 Å². The zero-order valence-electron chi connectivity index (χ0n) is 11.2. The summed E-state index contributed by atoms with van der Waals surface area (Å²) < 4.78 is 8.49. The first-order valence-corrected chi connectivity index (χ1v) is 8.39. The number of fused-ring (bicyclic) bond motifs is 1. The fourth-order valence-corrected chi connectivity index (χ4v) is 3.41. The van der Waals surface area contributed by atoms with Crippen LogP contribution in [0.5, 0.6) is 0 Å². The zero-order chi connectivity index (χ0) is 14.8. The molecule has 0 amide bonds. The number of carbonyl (C=O) groups is 1. The zero-order valence-corrected chi connectivity index (χ0v) is 13.6. The van der Waals surface area contributed by atoms with Gasteiger partial charge in [0.15, 0.2) is 10.8 Å². The van der Waals surface area contributed by atoms with Gasteiger partial charge < -0.3 is 14.4 Å². The normalized spacial score (nSPS) is 18.4. The van der Waals surface area contributed by atoms with E-state index < -0.39 is 5.97 Å². The summed E-state index contributed by atoms with van der Waals surface area (Å²) in [7, 11) is 0. The third kappa shape index (κ3) is 3.38. The number of hydrogen-bond donors (Lipinski definition) is 1. The van der Waals surface area contributed by atoms with Crippen LogP contribution in [0.25, 0.3) is 11.2 Å². The van der Waals surface area contributed by atoms with Crippen LogP contribution in [0.3, 0.4) is 0 Å². The minimum absolute atomic E-state index is 0.0178. The molecule has 3 heterocycles. The maximum absolute atomic E-state index is 10.8. The quantitative estimate of drug-likeness (QED) is 0.813. The van der Waals surface area contributed by atoms with E-state index in [-0.39, 0.29) is 11.9 Å². The van der Waals surface area contributed by atoms with Crippen LogP contribution in [-0.2, 0) is 16.1 Å². The molecule has 1 unspecified atom stereocenters. The second-order valence-corrected chi connectivity index (χ2v) is 6.68. The molecule has 2 aromatic heterocycles. The molecular weight excluding hydrogens is 358 g/mol. The van der Waals surface area contributed by atoms with Gasteiger partial charge in [0.25, 0.3) is 0 Å². The van der Waals surface area contributed by atoms with Crippen LogP contribution in [0, 0.1) is 0 Å². The average molecular weight is 372 g/mol. The summed E-state index contributed by atoms with van der Waals surface area (Å²) in [6.07, 6.45) is 3.95. The van der Waals surface area contributed by atoms with Crippen LogP contribution in [0.4, 0.5) is 0 Å². The maximum Gasteiger partial charge on any atom is 0.313 e. The number of rotatable bonds is 5. The van der Waals surface area contributed by atoms with Crippen molar-refractivity contribution in [2.24, 2.45) is 0 Å². The number of thioether (sulfide) groups is 1. The van der Waals surface area contributed by atoms with Crippen molar-refractivity contribution >= 4 is 44.8 Å². The van der Waals surface area contributed by atoms with Crippen LogP contribution < -0.4 is 0 Å². The number of pyridine rings is 1. The van der Waals surface area contributed by atoms with Crippen molar-refractivity contribution < 1.29 is 14.6 Å². The molecular formula is C13H14BrN3O3S. The molecule has 1 atom stereocenters. The molecule has 0 aliphatic carbocycles. The minimum atomic E-state index is -0.857. The topological polar surface area (TPSA) is 77.2 Å². The fraction of sp³-hybridized carbons (Fsp3) is 0.462. The largest absolute Gasteiger partial charge is 0.481 e. The first kappa shape index (κ1) is 14.8. The molecule has 112 valence electrons. The van der Waals surface area contributed by atoms with Crippen molar-refractivity contribution in [3.8, 4) is 0 Å². The molecule has 8 heteroatoms. The fourth-order valence-electron chi connectivity index (χ4n) is 2.36. The van der Waals surface area contributed by atoms with Crippen molar-refractivity contribution in [1.82, 2.24) is 14.5 Å². The van der Waals surface area contributed by atoms with E-state index in [9.17, 15) is 4.79 Å². The van der Waals surface area contributed by atoms with Gasteiger partial charge in [-0.1, -0.05) is 11.8 Å². The Hall–Kier alpha value is -1.12. The van der Waals surface area contributed by atoms with E-state index in [1.165, 1.54) is 11.8 Å². The molecule has 1 fully saturated rings. The van der Waals surface area contributed by atoms with Gasteiger partial charge in [-0.3, -0.25) is 4.79 Å². The third-order valence-corrected chi connectivity index (χ3v) is 4.65. The van der Waals surface area contributed by atoms with Gasteiger partial charge in [-0.2, -0.15) is 0 Å². The Bertz CT molecular complexity index is 670. The van der Waals surface area contributed by atoms with Crippen LogP contribution in [0.15, 0.2) is 21.9 Å². The van der Waals surface area contributed by atoms with Crippen LogP contribution in [0.2, 0.25) is 0 Å². The molecule has 6 nitrogen and oxygen atoms in total. The minimum Gasteiger partial charge on any atom is -0.481 e. The average Bonchev–Trinajstić information content (AvgIpc) is 3.05. The van der Waals surface area contributed by atoms with Crippen molar-refractivity contribution in [2.75, 3.05) is 12.4 Å². The lowest BCUT2D eigenvalue weighted by atomic mass is 10.2. The van der Waals surface area contributed by atoms with Crippen molar-refractivity contribution in [2.45, 2.75) is 30.6 Å². The monoisotopic (exact) mass is 371 g/mol. The number of aliphatic carboxylic acids is 1. The molecule has 21 heavy (non-hydrogen) atoms. The summed E-state index contributed by atoms with van der Waals surface area (Å²) in [4.78, 5) is 19.7. The number of ether oxygens (including phenoxy) is 1. The Labute approximate surface area is 134 Å². The summed E-state index contributed by atoms with van der Waals surface area (Å²) in [6, 6.07) is 1.89. The molecule has 1 aliphatic heterocycles. The number of carboxylic acid groups (broad SMARTS) is 1. The second kappa shape index (κ2) is 6.33. The van der Waals surface area contributed by atoms with E-state index in [1.54, 1.807) is 6.20 Å². The van der Waals surface area contributed by atoms with Gasteiger partial charge in [-0.05, 0) is 34.8 Å². The van der Waals surface area contributed by atoms with Gasteiger partial charge in [0.1, 0.15) is 5.52 Å². The standard InChI is InChI=1S/C13H14BrN3O3S/c14-8-4-10-12(15-5-8)17(6-9-2-1-3-20-9)13(16-10)21-7-11(18)19/h4-5,9H,1-3,6-7H2,(H,18,19). The highest BCUT2D eigenvalue weighted by molar-refractivity contribution is 9.10. The first-order chi connectivity index (χ1) is 10.1. The number of carboxylic acids is 1. The predicted molar refractivity (Wildman–Crippen MR) is 82.6 cm³/mol. The number of halogens is 1. The van der Waals surface area contributed by atoms with Crippen molar-refractivity contribution in [1.29, 1.82) is 0 Å². The summed E-state index contributed by atoms with van der Waals surface area (Å²) in [6.45, 7) is 1.45. The Kier molecular flexibility index (Phi) is 4.46. The van der Waals surface area contributed by atoms with E-state index in [0.29, 0.717) is 11.7 Å². The van der Waals surface area contributed by atoms with E-state index >= 15 is 0 Å². The van der Waals surface area contributed by atoms with Crippen LogP contribution in [0.1, 0.15) is 12.8 Å². The lowest BCUT2D eigenvalue weighted by Crippen LogP contribution is -2.16. The molecule has 0 aromatic carbocycles. The Morgan fingerprint density at radius 1 is 1.62 bits per heavy atom. The molecule has 0 spiro atoms. The van der Waals surface area contributed by atoms with E-state index in [1.807, 2.05) is 10.6 Å². The lowest BCUT2D eigenvalue weighted by Gasteiger charge is -2.12. The Morgan fingerprint density at radius 3 is 3.19 bits per heavy atom. The van der Waals surface area contributed by atoms with E-state index in [2.05, 4.69) is 25.9 Å². The predicted octanol–water partition coefficient (Wildman–Crippen LogP) is 2.55. The summed E-state index contributed by atoms with van der Waals surface area (Å²) in [5, 5.41) is 9.54. The van der Waals surface area contributed by atoms with Gasteiger partial charge in [-0.15, -0.1) is 0 Å². The Balaban J connectivity index is 1.95. The van der Waals surface area contributed by atoms with Gasteiger partial charge >= 0.3 is 5.97 Å². The maximum atomic E-state index is 10.8. The van der Waals surface area contributed by atoms with Crippen LogP contribution in [-0.4, -0.2) is 44.1 Å². The van der Waals surface area contributed by atoms with Crippen molar-refractivity contribution in [3.63, 3.8) is 0 Å². The third-order valence-electron chi connectivity index (χ3n) is 3.25. The van der Waals surface area contributed by atoms with E-state index in [4.69, 9.17) is 9.84 Å². The molecule has 2 aromatic rings. The van der Waals surface area contributed by atoms with E-state index in [0.717, 1.165) is 35.1 Å². The van der Waals surface area contributed by atoms with Crippen molar-refractivity contribution in [3.05, 3.63) is 16.7 Å².